The first-order chi connectivity index (χ1) is 8.58. The number of phenols is 4. The van der Waals surface area contributed by atoms with E-state index in [2.05, 4.69) is 0 Å². The average molecular weight is 242 g/mol. The van der Waals surface area contributed by atoms with Crippen LogP contribution in [0.1, 0.15) is 0 Å². The molecule has 18 heavy (non-hydrogen) atoms. The molecule has 0 bridgehead atoms. The molecule has 4 heteroatoms. The van der Waals surface area contributed by atoms with E-state index in [1.54, 1.807) is 24.3 Å². The van der Waals surface area contributed by atoms with Crippen LogP contribution in [0.5, 0.6) is 23.0 Å². The normalized spacial score (nSPS) is 11.1. The number of rotatable bonds is 0. The van der Waals surface area contributed by atoms with Crippen LogP contribution in [-0.2, 0) is 0 Å². The van der Waals surface area contributed by atoms with Gasteiger partial charge in [-0.1, -0.05) is 12.1 Å². The summed E-state index contributed by atoms with van der Waals surface area (Å²) in [5.41, 5.74) is 0. The fourth-order valence-electron chi connectivity index (χ4n) is 2.09. The Hall–Kier alpha value is -2.62. The zero-order valence-electron chi connectivity index (χ0n) is 9.25. The number of benzene rings is 3. The molecule has 0 aliphatic heterocycles. The second-order valence-corrected chi connectivity index (χ2v) is 4.16. The van der Waals surface area contributed by atoms with Gasteiger partial charge in [0.2, 0.25) is 0 Å². The van der Waals surface area contributed by atoms with Crippen molar-refractivity contribution in [1.29, 1.82) is 0 Å². The van der Waals surface area contributed by atoms with Crippen molar-refractivity contribution in [2.24, 2.45) is 0 Å². The Morgan fingerprint density at radius 3 is 1.33 bits per heavy atom. The SMILES string of the molecule is Oc1ccc2cc3c(O)c(O)ccc3cc2c1O. The minimum Gasteiger partial charge on any atom is -0.504 e. The van der Waals surface area contributed by atoms with Crippen molar-refractivity contribution in [3.05, 3.63) is 36.4 Å². The van der Waals surface area contributed by atoms with Gasteiger partial charge in [0.25, 0.3) is 0 Å². The maximum Gasteiger partial charge on any atom is 0.165 e. The quantitative estimate of drug-likeness (QED) is 0.361. The Morgan fingerprint density at radius 1 is 0.556 bits per heavy atom. The summed E-state index contributed by atoms with van der Waals surface area (Å²) >= 11 is 0. The second-order valence-electron chi connectivity index (χ2n) is 4.16. The lowest BCUT2D eigenvalue weighted by molar-refractivity contribution is 0.407. The highest BCUT2D eigenvalue weighted by Gasteiger charge is 2.10. The van der Waals surface area contributed by atoms with Crippen LogP contribution in [0.4, 0.5) is 0 Å². The number of hydrogen-bond acceptors (Lipinski definition) is 4. The van der Waals surface area contributed by atoms with Crippen molar-refractivity contribution >= 4 is 21.5 Å². The van der Waals surface area contributed by atoms with Gasteiger partial charge in [0.15, 0.2) is 23.0 Å². The van der Waals surface area contributed by atoms with Crippen LogP contribution in [0.25, 0.3) is 21.5 Å². The minimum absolute atomic E-state index is 0.190. The van der Waals surface area contributed by atoms with Gasteiger partial charge in [-0.25, -0.2) is 0 Å². The Labute approximate surface area is 102 Å². The number of hydrogen-bond donors (Lipinski definition) is 4. The van der Waals surface area contributed by atoms with E-state index < -0.39 is 0 Å². The average Bonchev–Trinajstić information content (AvgIpc) is 2.38. The highest BCUT2D eigenvalue weighted by atomic mass is 16.3. The molecule has 3 aromatic carbocycles. The first-order valence-electron chi connectivity index (χ1n) is 5.37. The molecule has 4 N–H and O–H groups in total. The van der Waals surface area contributed by atoms with E-state index in [0.29, 0.717) is 21.5 Å². The van der Waals surface area contributed by atoms with E-state index in [1.165, 1.54) is 12.1 Å². The largest absolute Gasteiger partial charge is 0.504 e. The Kier molecular flexibility index (Phi) is 2.01. The Balaban J connectivity index is 2.51. The molecule has 0 heterocycles. The monoisotopic (exact) mass is 242 g/mol. The zero-order chi connectivity index (χ0) is 12.9. The van der Waals surface area contributed by atoms with Crippen LogP contribution in [0.2, 0.25) is 0 Å². The molecule has 4 nitrogen and oxygen atoms in total. The number of aromatic hydroxyl groups is 4. The lowest BCUT2D eigenvalue weighted by Gasteiger charge is -2.07. The molecule has 0 aliphatic carbocycles. The Bertz CT molecular complexity index is 710. The van der Waals surface area contributed by atoms with E-state index in [9.17, 15) is 20.4 Å². The summed E-state index contributed by atoms with van der Waals surface area (Å²) in [6.07, 6.45) is 0. The summed E-state index contributed by atoms with van der Waals surface area (Å²) in [5.74, 6) is -0.765. The van der Waals surface area contributed by atoms with Gasteiger partial charge < -0.3 is 20.4 Å². The van der Waals surface area contributed by atoms with E-state index in [-0.39, 0.29) is 23.0 Å². The van der Waals surface area contributed by atoms with Crippen molar-refractivity contribution in [2.45, 2.75) is 0 Å². The minimum atomic E-state index is -0.193. The lowest BCUT2D eigenvalue weighted by atomic mass is 10.0. The Morgan fingerprint density at radius 2 is 0.944 bits per heavy atom. The molecule has 0 unspecified atom stereocenters. The molecule has 90 valence electrons. The molecule has 0 atom stereocenters. The van der Waals surface area contributed by atoms with Gasteiger partial charge in [-0.05, 0) is 35.0 Å². The maximum absolute atomic E-state index is 9.78. The predicted octanol–water partition coefficient (Wildman–Crippen LogP) is 2.82. The van der Waals surface area contributed by atoms with Crippen molar-refractivity contribution in [1.82, 2.24) is 0 Å². The van der Waals surface area contributed by atoms with Crippen LogP contribution < -0.4 is 0 Å². The molecular formula is C14H10O4. The first kappa shape index (κ1) is 10.5. The smallest absolute Gasteiger partial charge is 0.165 e. The lowest BCUT2D eigenvalue weighted by Crippen LogP contribution is -1.80. The fourth-order valence-corrected chi connectivity index (χ4v) is 2.09. The number of fused-ring (bicyclic) bond motifs is 2. The van der Waals surface area contributed by atoms with Gasteiger partial charge in [-0.3, -0.25) is 0 Å². The van der Waals surface area contributed by atoms with Crippen molar-refractivity contribution < 1.29 is 20.4 Å². The van der Waals surface area contributed by atoms with E-state index in [4.69, 9.17) is 0 Å². The summed E-state index contributed by atoms with van der Waals surface area (Å²) in [5, 5.41) is 40.8. The summed E-state index contributed by atoms with van der Waals surface area (Å²) < 4.78 is 0. The van der Waals surface area contributed by atoms with Gasteiger partial charge in [-0.2, -0.15) is 0 Å². The summed E-state index contributed by atoms with van der Waals surface area (Å²) in [6, 6.07) is 9.32. The molecule has 0 radical (unpaired) electrons. The molecule has 3 aromatic rings. The predicted molar refractivity (Wildman–Crippen MR) is 68.1 cm³/mol. The van der Waals surface area contributed by atoms with Crippen molar-refractivity contribution in [2.75, 3.05) is 0 Å². The van der Waals surface area contributed by atoms with Gasteiger partial charge >= 0.3 is 0 Å². The zero-order valence-corrected chi connectivity index (χ0v) is 9.25. The van der Waals surface area contributed by atoms with E-state index in [0.717, 1.165) is 0 Å². The van der Waals surface area contributed by atoms with Crippen molar-refractivity contribution in [3.63, 3.8) is 0 Å². The van der Waals surface area contributed by atoms with Crippen LogP contribution in [0.3, 0.4) is 0 Å². The van der Waals surface area contributed by atoms with Gasteiger partial charge in [0.1, 0.15) is 0 Å². The van der Waals surface area contributed by atoms with Crippen LogP contribution in [0, 0.1) is 0 Å². The molecule has 3 rings (SSSR count). The molecule has 0 amide bonds. The molecule has 0 spiro atoms. The topological polar surface area (TPSA) is 80.9 Å². The van der Waals surface area contributed by atoms with E-state index in [1.807, 2.05) is 0 Å². The van der Waals surface area contributed by atoms with Crippen molar-refractivity contribution in [3.8, 4) is 23.0 Å². The van der Waals surface area contributed by atoms with Gasteiger partial charge in [-0.15, -0.1) is 0 Å². The molecular weight excluding hydrogens is 232 g/mol. The summed E-state index contributed by atoms with van der Waals surface area (Å²) in [4.78, 5) is 0. The molecule has 0 saturated carbocycles. The molecule has 0 aromatic heterocycles. The standard InChI is InChI=1S/C14H10O4/c15-11-3-1-7-5-10-8(6-9(7)13(11)17)2-4-12(16)14(10)18/h1-6,15-18H. The van der Waals surface area contributed by atoms with Gasteiger partial charge in [0, 0.05) is 10.8 Å². The summed E-state index contributed by atoms with van der Waals surface area (Å²) in [7, 11) is 0. The van der Waals surface area contributed by atoms with Gasteiger partial charge in [0.05, 0.1) is 0 Å². The highest BCUT2D eigenvalue weighted by Crippen LogP contribution is 2.40. The van der Waals surface area contributed by atoms with Crippen LogP contribution in [0.15, 0.2) is 36.4 Å². The fraction of sp³-hybridized carbons (Fsp3) is 0. The van der Waals surface area contributed by atoms with Crippen LogP contribution >= 0.6 is 0 Å². The third-order valence-electron chi connectivity index (χ3n) is 3.06. The van der Waals surface area contributed by atoms with E-state index >= 15 is 0 Å². The first-order valence-corrected chi connectivity index (χ1v) is 5.37. The third-order valence-corrected chi connectivity index (χ3v) is 3.06. The summed E-state index contributed by atoms with van der Waals surface area (Å²) in [6.45, 7) is 0. The second kappa shape index (κ2) is 3.43. The highest BCUT2D eigenvalue weighted by molar-refractivity contribution is 6.04. The number of phenolic OH excluding ortho intramolecular Hbond substituents is 4. The molecule has 0 aliphatic rings. The third kappa shape index (κ3) is 1.32. The van der Waals surface area contributed by atoms with Crippen LogP contribution in [-0.4, -0.2) is 20.4 Å². The molecule has 0 fully saturated rings. The maximum atomic E-state index is 9.78. The molecule has 0 saturated heterocycles.